The van der Waals surface area contributed by atoms with E-state index in [1.165, 1.54) is 16.7 Å². The summed E-state index contributed by atoms with van der Waals surface area (Å²) < 4.78 is 0. The molecule has 0 amide bonds. The van der Waals surface area contributed by atoms with E-state index < -0.39 is 0 Å². The van der Waals surface area contributed by atoms with E-state index in [-0.39, 0.29) is 6.04 Å². The largest absolute Gasteiger partial charge is 0.353 e. The zero-order valence-electron chi connectivity index (χ0n) is 15.6. The summed E-state index contributed by atoms with van der Waals surface area (Å²) in [6.45, 7) is 6.48. The topological polar surface area (TPSA) is 54.7 Å². The van der Waals surface area contributed by atoms with Gasteiger partial charge in [0.25, 0.3) is 0 Å². The van der Waals surface area contributed by atoms with Crippen molar-refractivity contribution in [2.24, 2.45) is 5.73 Å². The van der Waals surface area contributed by atoms with Crippen molar-refractivity contribution in [3.05, 3.63) is 75.2 Å². The number of nitrogens with two attached hydrogens (primary N) is 1. The lowest BCUT2D eigenvalue weighted by atomic mass is 9.92. The van der Waals surface area contributed by atoms with Gasteiger partial charge in [0.15, 0.2) is 0 Å². The molecule has 3 N–H and O–H groups in total. The number of nitrogens with zero attached hydrogens (tertiary/aromatic N) is 1. The van der Waals surface area contributed by atoms with E-state index >= 15 is 0 Å². The molecule has 0 fully saturated rings. The minimum atomic E-state index is -0.0849. The number of benzene rings is 1. The molecule has 0 saturated carbocycles. The number of H-pyrrole nitrogens is 1. The first-order valence-corrected chi connectivity index (χ1v) is 10.4. The minimum Gasteiger partial charge on any atom is -0.353 e. The van der Waals surface area contributed by atoms with Crippen LogP contribution in [0.2, 0.25) is 10.0 Å². The Morgan fingerprint density at radius 2 is 1.70 bits per heavy atom. The molecule has 0 aliphatic heterocycles. The highest BCUT2D eigenvalue weighted by molar-refractivity contribution is 7.99. The predicted molar refractivity (Wildman–Crippen MR) is 115 cm³/mol. The van der Waals surface area contributed by atoms with E-state index in [1.807, 2.05) is 24.3 Å². The lowest BCUT2D eigenvalue weighted by molar-refractivity contribution is 0.693. The van der Waals surface area contributed by atoms with Crippen LogP contribution < -0.4 is 5.73 Å². The minimum absolute atomic E-state index is 0.0849. The third-order valence-electron chi connectivity index (χ3n) is 4.45. The number of halogens is 2. The number of aromatic nitrogens is 2. The maximum atomic E-state index is 6.63. The molecule has 0 bridgehead atoms. The maximum Gasteiger partial charge on any atom is 0.0810 e. The lowest BCUT2D eigenvalue weighted by Gasteiger charge is -2.17. The molecule has 1 aromatic carbocycles. The standard InChI is InChI=1S/C21H23Cl2N3S/c1-12(2)19-20(18(24)8-14-4-6-25-7-5-14)13(3)26-21(19)27-17-10-15(22)9-16(23)11-17/h4-7,9-12,18,26H,8,24H2,1-3H3. The van der Waals surface area contributed by atoms with E-state index in [1.54, 1.807) is 30.2 Å². The fraction of sp³-hybridized carbons (Fsp3) is 0.286. The van der Waals surface area contributed by atoms with Crippen LogP contribution in [-0.2, 0) is 6.42 Å². The van der Waals surface area contributed by atoms with Crippen LogP contribution in [0.15, 0.2) is 52.6 Å². The highest BCUT2D eigenvalue weighted by Gasteiger charge is 2.23. The highest BCUT2D eigenvalue weighted by Crippen LogP contribution is 2.40. The van der Waals surface area contributed by atoms with Crippen LogP contribution in [0, 0.1) is 6.92 Å². The zero-order chi connectivity index (χ0) is 19.6. The first kappa shape index (κ1) is 20.3. The van der Waals surface area contributed by atoms with Gasteiger partial charge in [0.05, 0.1) is 5.03 Å². The van der Waals surface area contributed by atoms with Crippen LogP contribution in [-0.4, -0.2) is 9.97 Å². The Morgan fingerprint density at radius 3 is 2.30 bits per heavy atom. The number of rotatable bonds is 6. The molecule has 0 aliphatic rings. The van der Waals surface area contributed by atoms with Gasteiger partial charge >= 0.3 is 0 Å². The molecule has 3 aromatic rings. The molecule has 3 nitrogen and oxygen atoms in total. The van der Waals surface area contributed by atoms with Gasteiger partial charge in [-0.3, -0.25) is 4.98 Å². The Morgan fingerprint density at radius 1 is 1.07 bits per heavy atom. The van der Waals surface area contributed by atoms with Gasteiger partial charge in [-0.05, 0) is 66.3 Å². The second-order valence-corrected chi connectivity index (χ2v) is 8.89. The first-order valence-electron chi connectivity index (χ1n) is 8.86. The Bertz CT molecular complexity index is 902. The van der Waals surface area contributed by atoms with E-state index in [2.05, 4.69) is 30.7 Å². The van der Waals surface area contributed by atoms with Crippen molar-refractivity contribution in [1.82, 2.24) is 9.97 Å². The predicted octanol–water partition coefficient (Wildman–Crippen LogP) is 6.54. The number of hydrogen-bond acceptors (Lipinski definition) is 3. The van der Waals surface area contributed by atoms with Crippen LogP contribution >= 0.6 is 35.0 Å². The third kappa shape index (κ3) is 4.88. The summed E-state index contributed by atoms with van der Waals surface area (Å²) in [6, 6.07) is 9.54. The van der Waals surface area contributed by atoms with Crippen LogP contribution in [0.3, 0.4) is 0 Å². The van der Waals surface area contributed by atoms with Gasteiger partial charge in [0, 0.05) is 39.1 Å². The second kappa shape index (κ2) is 8.70. The van der Waals surface area contributed by atoms with Crippen LogP contribution in [0.5, 0.6) is 0 Å². The number of pyridine rings is 1. The van der Waals surface area contributed by atoms with Gasteiger partial charge in [0.2, 0.25) is 0 Å². The molecule has 0 aliphatic carbocycles. The second-order valence-electron chi connectivity index (χ2n) is 6.93. The number of hydrogen-bond donors (Lipinski definition) is 2. The van der Waals surface area contributed by atoms with E-state index in [0.29, 0.717) is 16.0 Å². The molecule has 1 atom stereocenters. The van der Waals surface area contributed by atoms with Crippen LogP contribution in [0.1, 0.15) is 48.2 Å². The van der Waals surface area contributed by atoms with E-state index in [9.17, 15) is 0 Å². The summed E-state index contributed by atoms with van der Waals surface area (Å²) in [7, 11) is 0. The molecule has 2 aromatic heterocycles. The van der Waals surface area contributed by atoms with Crippen molar-refractivity contribution in [1.29, 1.82) is 0 Å². The van der Waals surface area contributed by atoms with Crippen LogP contribution in [0.25, 0.3) is 0 Å². The molecular weight excluding hydrogens is 397 g/mol. The van der Waals surface area contributed by atoms with Gasteiger partial charge in [-0.2, -0.15) is 0 Å². The molecule has 6 heteroatoms. The van der Waals surface area contributed by atoms with Crippen molar-refractivity contribution >= 4 is 35.0 Å². The summed E-state index contributed by atoms with van der Waals surface area (Å²) in [5.74, 6) is 0.339. The molecule has 0 saturated heterocycles. The Hall–Kier alpha value is -1.46. The van der Waals surface area contributed by atoms with Gasteiger partial charge in [0.1, 0.15) is 0 Å². The Labute approximate surface area is 174 Å². The van der Waals surface area contributed by atoms with E-state index in [0.717, 1.165) is 22.0 Å². The summed E-state index contributed by atoms with van der Waals surface area (Å²) in [6.07, 6.45) is 4.38. The number of nitrogens with one attached hydrogen (secondary N) is 1. The SMILES string of the molecule is Cc1[nH]c(Sc2cc(Cl)cc(Cl)c2)c(C(C)C)c1C(N)Cc1ccncc1. The van der Waals surface area contributed by atoms with Crippen molar-refractivity contribution in [3.8, 4) is 0 Å². The average molecular weight is 420 g/mol. The quantitative estimate of drug-likeness (QED) is 0.476. The molecule has 1 unspecified atom stereocenters. The fourth-order valence-corrected chi connectivity index (χ4v) is 5.26. The molecule has 0 radical (unpaired) electrons. The van der Waals surface area contributed by atoms with Gasteiger partial charge in [-0.1, -0.05) is 48.8 Å². The average Bonchev–Trinajstić information content (AvgIpc) is 2.91. The highest BCUT2D eigenvalue weighted by atomic mass is 35.5. The maximum absolute atomic E-state index is 6.63. The summed E-state index contributed by atoms with van der Waals surface area (Å²) in [5, 5.41) is 2.36. The van der Waals surface area contributed by atoms with E-state index in [4.69, 9.17) is 28.9 Å². The first-order chi connectivity index (χ1) is 12.8. The molecular formula is C21H23Cl2N3S. The molecule has 142 valence electrons. The Kier molecular flexibility index (Phi) is 6.53. The number of aryl methyl sites for hydroxylation is 1. The molecule has 0 spiro atoms. The summed E-state index contributed by atoms with van der Waals surface area (Å²) in [5.41, 5.74) is 11.4. The van der Waals surface area contributed by atoms with Gasteiger partial charge in [-0.25, -0.2) is 0 Å². The Balaban J connectivity index is 1.95. The van der Waals surface area contributed by atoms with Crippen molar-refractivity contribution in [2.45, 2.75) is 49.1 Å². The molecule has 27 heavy (non-hydrogen) atoms. The molecule has 3 rings (SSSR count). The normalized spacial score (nSPS) is 12.6. The van der Waals surface area contributed by atoms with Crippen LogP contribution in [0.4, 0.5) is 0 Å². The lowest BCUT2D eigenvalue weighted by Crippen LogP contribution is -2.16. The van der Waals surface area contributed by atoms with Crippen molar-refractivity contribution in [3.63, 3.8) is 0 Å². The summed E-state index contributed by atoms with van der Waals surface area (Å²) in [4.78, 5) is 8.62. The zero-order valence-corrected chi connectivity index (χ0v) is 17.9. The molecule has 2 heterocycles. The fourth-order valence-electron chi connectivity index (χ4n) is 3.34. The van der Waals surface area contributed by atoms with Crippen molar-refractivity contribution in [2.75, 3.05) is 0 Å². The smallest absolute Gasteiger partial charge is 0.0810 e. The van der Waals surface area contributed by atoms with Crippen molar-refractivity contribution < 1.29 is 0 Å². The van der Waals surface area contributed by atoms with Gasteiger partial charge < -0.3 is 10.7 Å². The van der Waals surface area contributed by atoms with Gasteiger partial charge in [-0.15, -0.1) is 0 Å². The summed E-state index contributed by atoms with van der Waals surface area (Å²) >= 11 is 14.0. The monoisotopic (exact) mass is 419 g/mol. The third-order valence-corrected chi connectivity index (χ3v) is 5.88. The number of aromatic amines is 1.